The molecule has 1 aliphatic rings. The van der Waals surface area contributed by atoms with Crippen LogP contribution in [0.5, 0.6) is 0 Å². The Bertz CT molecular complexity index is 1050. The highest BCUT2D eigenvalue weighted by Gasteiger charge is 2.58. The van der Waals surface area contributed by atoms with E-state index < -0.39 is 93.8 Å². The highest BCUT2D eigenvalue weighted by molar-refractivity contribution is 7.92. The molecule has 1 amide bonds. The van der Waals surface area contributed by atoms with Crippen LogP contribution in [-0.4, -0.2) is 111 Å². The van der Waals surface area contributed by atoms with E-state index in [2.05, 4.69) is 4.74 Å². The van der Waals surface area contributed by atoms with Gasteiger partial charge in [0.15, 0.2) is 39.6 Å². The van der Waals surface area contributed by atoms with Gasteiger partial charge in [0, 0.05) is 34.6 Å². The minimum atomic E-state index is -4.52. The molecule has 0 bridgehead atoms. The van der Waals surface area contributed by atoms with Crippen molar-refractivity contribution in [3.8, 4) is 0 Å². The fourth-order valence-electron chi connectivity index (χ4n) is 3.75. The van der Waals surface area contributed by atoms with Crippen molar-refractivity contribution >= 4 is 52.1 Å². The molecule has 0 radical (unpaired) electrons. The number of amides is 1. The SMILES string of the molecule is COC(=O)[C@@H]1CS(=O)(=O)[C@H](C(OC(C)=O)C(OC(C)=O)C(OC(C)=O)C(COC(C)=O)OC(C)=O)N1C=O. The second-order valence-corrected chi connectivity index (χ2v) is 10.1. The van der Waals surface area contributed by atoms with E-state index in [-0.39, 0.29) is 6.41 Å². The van der Waals surface area contributed by atoms with Crippen molar-refractivity contribution < 1.29 is 70.4 Å². The molecule has 0 aromatic rings. The number of methoxy groups -OCH3 is 1. The Morgan fingerprint density at radius 2 is 1.32 bits per heavy atom. The van der Waals surface area contributed by atoms with Gasteiger partial charge in [-0.15, -0.1) is 0 Å². The van der Waals surface area contributed by atoms with Gasteiger partial charge in [0.05, 0.1) is 12.9 Å². The van der Waals surface area contributed by atoms with Crippen LogP contribution in [0, 0.1) is 0 Å². The third-order valence-electron chi connectivity index (χ3n) is 4.98. The first-order valence-corrected chi connectivity index (χ1v) is 12.6. The van der Waals surface area contributed by atoms with E-state index in [0.29, 0.717) is 4.90 Å². The summed E-state index contributed by atoms with van der Waals surface area (Å²) in [5.74, 6) is -7.17. The zero-order valence-electron chi connectivity index (χ0n) is 21.4. The van der Waals surface area contributed by atoms with Crippen LogP contribution in [0.3, 0.4) is 0 Å². The topological polar surface area (TPSA) is 212 Å². The number of hydrogen-bond acceptors (Lipinski definition) is 15. The van der Waals surface area contributed by atoms with Gasteiger partial charge in [0.1, 0.15) is 12.6 Å². The van der Waals surface area contributed by atoms with E-state index >= 15 is 0 Å². The van der Waals surface area contributed by atoms with Crippen LogP contribution in [0.2, 0.25) is 0 Å². The van der Waals surface area contributed by atoms with Gasteiger partial charge in [-0.25, -0.2) is 13.2 Å². The minimum absolute atomic E-state index is 0.0125. The molecule has 214 valence electrons. The molecule has 0 spiro atoms. The Morgan fingerprint density at radius 3 is 1.74 bits per heavy atom. The Balaban J connectivity index is 3.86. The predicted molar refractivity (Wildman–Crippen MR) is 120 cm³/mol. The third kappa shape index (κ3) is 8.67. The zero-order chi connectivity index (χ0) is 29.4. The molecule has 17 heteroatoms. The highest BCUT2D eigenvalue weighted by atomic mass is 32.2. The fraction of sp³-hybridized carbons (Fsp3) is 0.667. The molecule has 1 rings (SSSR count). The van der Waals surface area contributed by atoms with Crippen molar-refractivity contribution in [3.05, 3.63) is 0 Å². The summed E-state index contributed by atoms with van der Waals surface area (Å²) >= 11 is 0. The summed E-state index contributed by atoms with van der Waals surface area (Å²) in [5.41, 5.74) is 0. The molecule has 1 saturated heterocycles. The maximum absolute atomic E-state index is 13.2. The highest BCUT2D eigenvalue weighted by Crippen LogP contribution is 2.32. The molecule has 0 aromatic carbocycles. The maximum atomic E-state index is 13.2. The molecule has 1 fully saturated rings. The van der Waals surface area contributed by atoms with E-state index in [1.54, 1.807) is 0 Å². The molecule has 16 nitrogen and oxygen atoms in total. The maximum Gasteiger partial charge on any atom is 0.329 e. The number of ether oxygens (including phenoxy) is 6. The van der Waals surface area contributed by atoms with Gasteiger partial charge in [-0.2, -0.15) is 0 Å². The van der Waals surface area contributed by atoms with Crippen molar-refractivity contribution in [2.45, 2.75) is 70.5 Å². The van der Waals surface area contributed by atoms with Crippen molar-refractivity contribution in [2.75, 3.05) is 19.5 Å². The van der Waals surface area contributed by atoms with Crippen LogP contribution in [-0.2, 0) is 71.8 Å². The van der Waals surface area contributed by atoms with Gasteiger partial charge in [0.2, 0.25) is 6.41 Å². The summed E-state index contributed by atoms with van der Waals surface area (Å²) in [6.45, 7) is 3.85. The Kier molecular flexibility index (Phi) is 11.6. The monoisotopic (exact) mass is 567 g/mol. The number of sulfone groups is 1. The average molecular weight is 568 g/mol. The van der Waals surface area contributed by atoms with E-state index in [0.717, 1.165) is 41.7 Å². The first-order chi connectivity index (χ1) is 17.5. The van der Waals surface area contributed by atoms with Gasteiger partial charge in [-0.05, 0) is 0 Å². The molecule has 1 aliphatic heterocycles. The van der Waals surface area contributed by atoms with Crippen molar-refractivity contribution in [1.82, 2.24) is 4.90 Å². The Hall–Kier alpha value is -3.76. The molecule has 0 saturated carbocycles. The summed E-state index contributed by atoms with van der Waals surface area (Å²) in [6.07, 6.45) is -7.88. The quantitative estimate of drug-likeness (QED) is 0.142. The number of carbonyl (C=O) groups excluding carboxylic acids is 7. The fourth-order valence-corrected chi connectivity index (χ4v) is 5.88. The standard InChI is InChI=1S/C21H29NO15S/c1-10(24)33-7-16(34-11(2)25)17(35-12(3)26)18(36-13(4)27)19(37-14(5)28)20-22(9-23)15(21(29)32-6)8-38(20,30)31/h9,15-20H,7-8H2,1-6H3/t15-,16?,17?,18?,19?,20+/m0/s1. The van der Waals surface area contributed by atoms with Gasteiger partial charge >= 0.3 is 35.8 Å². The molecule has 0 aromatic heterocycles. The zero-order valence-corrected chi connectivity index (χ0v) is 22.3. The lowest BCUT2D eigenvalue weighted by Gasteiger charge is -2.38. The molecule has 4 unspecified atom stereocenters. The van der Waals surface area contributed by atoms with Crippen LogP contribution in [0.1, 0.15) is 34.6 Å². The first-order valence-electron chi connectivity index (χ1n) is 10.9. The van der Waals surface area contributed by atoms with Gasteiger partial charge in [-0.3, -0.25) is 28.8 Å². The normalized spacial score (nSPS) is 21.1. The lowest BCUT2D eigenvalue weighted by atomic mass is 10.0. The summed E-state index contributed by atoms with van der Waals surface area (Å²) in [5, 5.41) is -2.15. The smallest absolute Gasteiger partial charge is 0.329 e. The number of carbonyl (C=O) groups is 7. The van der Waals surface area contributed by atoms with Crippen LogP contribution in [0.25, 0.3) is 0 Å². The Labute approximate surface area is 217 Å². The van der Waals surface area contributed by atoms with Crippen molar-refractivity contribution in [1.29, 1.82) is 0 Å². The van der Waals surface area contributed by atoms with Gasteiger partial charge in [0.25, 0.3) is 0 Å². The lowest BCUT2D eigenvalue weighted by molar-refractivity contribution is -0.205. The second kappa shape index (κ2) is 13.7. The Morgan fingerprint density at radius 1 is 0.816 bits per heavy atom. The third-order valence-corrected chi connectivity index (χ3v) is 7.00. The van der Waals surface area contributed by atoms with Crippen LogP contribution < -0.4 is 0 Å². The minimum Gasteiger partial charge on any atom is -0.467 e. The molecule has 0 N–H and O–H groups in total. The van der Waals surface area contributed by atoms with Gasteiger partial charge in [-0.1, -0.05) is 0 Å². The summed E-state index contributed by atoms with van der Waals surface area (Å²) in [4.78, 5) is 84.0. The van der Waals surface area contributed by atoms with E-state index in [4.69, 9.17) is 23.7 Å². The summed E-state index contributed by atoms with van der Waals surface area (Å²) < 4.78 is 56.5. The lowest BCUT2D eigenvalue weighted by Crippen LogP contribution is -2.60. The molecule has 0 aliphatic carbocycles. The molecular weight excluding hydrogens is 538 g/mol. The second-order valence-electron chi connectivity index (χ2n) is 7.98. The largest absolute Gasteiger partial charge is 0.467 e. The van der Waals surface area contributed by atoms with Crippen molar-refractivity contribution in [3.63, 3.8) is 0 Å². The van der Waals surface area contributed by atoms with E-state index in [1.165, 1.54) is 0 Å². The van der Waals surface area contributed by atoms with E-state index in [9.17, 15) is 42.0 Å². The molecule has 38 heavy (non-hydrogen) atoms. The number of hydrogen-bond donors (Lipinski definition) is 0. The van der Waals surface area contributed by atoms with Gasteiger partial charge < -0.3 is 33.3 Å². The number of rotatable bonds is 12. The number of nitrogens with zero attached hydrogens (tertiary/aromatic N) is 1. The predicted octanol–water partition coefficient (Wildman–Crippen LogP) is -1.97. The summed E-state index contributed by atoms with van der Waals surface area (Å²) in [7, 11) is -3.57. The van der Waals surface area contributed by atoms with Crippen LogP contribution in [0.15, 0.2) is 0 Å². The molecule has 6 atom stereocenters. The van der Waals surface area contributed by atoms with E-state index in [1.807, 2.05) is 0 Å². The van der Waals surface area contributed by atoms with Crippen molar-refractivity contribution in [2.24, 2.45) is 0 Å². The summed E-state index contributed by atoms with van der Waals surface area (Å²) in [6, 6.07) is -1.67. The molecule has 1 heterocycles. The number of esters is 6. The van der Waals surface area contributed by atoms with Crippen LogP contribution in [0.4, 0.5) is 0 Å². The van der Waals surface area contributed by atoms with Crippen LogP contribution >= 0.6 is 0 Å². The average Bonchev–Trinajstić information content (AvgIpc) is 3.06. The first kappa shape index (κ1) is 32.3. The molecular formula is C21H29NO15S.